The van der Waals surface area contributed by atoms with Crippen LogP contribution in [0.2, 0.25) is 0 Å². The molecule has 0 fully saturated rings. The van der Waals surface area contributed by atoms with Crippen molar-refractivity contribution in [1.29, 1.82) is 0 Å². The van der Waals surface area contributed by atoms with E-state index in [9.17, 15) is 4.79 Å². The smallest absolute Gasteiger partial charge is 0.347 e. The lowest BCUT2D eigenvalue weighted by molar-refractivity contribution is 0.560. The van der Waals surface area contributed by atoms with Crippen molar-refractivity contribution in [2.45, 2.75) is 6.92 Å². The summed E-state index contributed by atoms with van der Waals surface area (Å²) in [6.45, 7) is 1.94. The predicted molar refractivity (Wildman–Crippen MR) is 95.0 cm³/mol. The zero-order valence-electron chi connectivity index (χ0n) is 11.7. The van der Waals surface area contributed by atoms with Crippen molar-refractivity contribution in [3.63, 3.8) is 0 Å². The van der Waals surface area contributed by atoms with Crippen LogP contribution in [0.4, 0.5) is 0 Å². The van der Waals surface area contributed by atoms with Gasteiger partial charge in [0.15, 0.2) is 0 Å². The fourth-order valence-corrected chi connectivity index (χ4v) is 3.41. The van der Waals surface area contributed by atoms with Crippen LogP contribution >= 0.6 is 22.6 Å². The van der Waals surface area contributed by atoms with E-state index < -0.39 is 0 Å². The number of rotatable bonds is 1. The summed E-state index contributed by atoms with van der Waals surface area (Å²) in [6, 6.07) is 13.5. The summed E-state index contributed by atoms with van der Waals surface area (Å²) in [7, 11) is 0. The number of halogens is 1. The fourth-order valence-electron chi connectivity index (χ4n) is 2.61. The largest absolute Gasteiger partial charge is 0.422 e. The normalized spacial score (nSPS) is 11.4. The van der Waals surface area contributed by atoms with Crippen molar-refractivity contribution in [1.82, 2.24) is 9.97 Å². The van der Waals surface area contributed by atoms with Gasteiger partial charge in [-0.05, 0) is 65.4 Å². The molecular formula is C17H11IN2O2. The molecular weight excluding hydrogens is 391 g/mol. The van der Waals surface area contributed by atoms with Crippen LogP contribution in [0.5, 0.6) is 0 Å². The first-order valence-electron chi connectivity index (χ1n) is 6.81. The number of aromatic nitrogens is 2. The molecule has 0 amide bonds. The van der Waals surface area contributed by atoms with Crippen LogP contribution in [-0.4, -0.2) is 9.97 Å². The second kappa shape index (κ2) is 4.95. The number of hydrogen-bond donors (Lipinski definition) is 1. The number of hydrogen-bond acceptors (Lipinski definition) is 3. The number of aromatic amines is 1. The summed E-state index contributed by atoms with van der Waals surface area (Å²) in [5.74, 6) is 0.536. The van der Waals surface area contributed by atoms with Gasteiger partial charge in [0.1, 0.15) is 17.0 Å². The Kier molecular flexibility index (Phi) is 3.04. The van der Waals surface area contributed by atoms with Gasteiger partial charge in [0.05, 0.1) is 11.0 Å². The van der Waals surface area contributed by atoms with E-state index in [1.807, 2.05) is 49.4 Å². The van der Waals surface area contributed by atoms with E-state index in [1.54, 1.807) is 0 Å². The lowest BCUT2D eigenvalue weighted by atomic mass is 10.1. The molecule has 4 rings (SSSR count). The Balaban J connectivity index is 2.02. The van der Waals surface area contributed by atoms with Crippen LogP contribution in [0.1, 0.15) is 5.56 Å². The van der Waals surface area contributed by atoms with E-state index in [0.29, 0.717) is 17.0 Å². The van der Waals surface area contributed by atoms with Gasteiger partial charge in [0.25, 0.3) is 0 Å². The SMILES string of the molecule is Cc1cc(I)cc2cc(-c3nc4ccccc4[nH]3)c(=O)oc12. The molecule has 22 heavy (non-hydrogen) atoms. The summed E-state index contributed by atoms with van der Waals surface area (Å²) in [5, 5.41) is 0.902. The van der Waals surface area contributed by atoms with Crippen molar-refractivity contribution >= 4 is 44.6 Å². The number of nitrogens with one attached hydrogen (secondary N) is 1. The Labute approximate surface area is 139 Å². The van der Waals surface area contributed by atoms with E-state index in [1.165, 1.54) is 0 Å². The van der Waals surface area contributed by atoms with Crippen molar-refractivity contribution in [3.8, 4) is 11.4 Å². The number of para-hydroxylation sites is 2. The molecule has 0 unspecified atom stereocenters. The molecule has 0 saturated carbocycles. The topological polar surface area (TPSA) is 58.9 Å². The number of imidazole rings is 1. The summed E-state index contributed by atoms with van der Waals surface area (Å²) < 4.78 is 6.61. The number of nitrogens with zero attached hydrogens (tertiary/aromatic N) is 1. The van der Waals surface area contributed by atoms with Gasteiger partial charge in [-0.2, -0.15) is 0 Å². The van der Waals surface area contributed by atoms with Crippen molar-refractivity contribution in [2.75, 3.05) is 0 Å². The predicted octanol–water partition coefficient (Wildman–Crippen LogP) is 4.25. The van der Waals surface area contributed by atoms with Crippen LogP contribution in [0.25, 0.3) is 33.4 Å². The lowest BCUT2D eigenvalue weighted by Crippen LogP contribution is -2.04. The molecule has 5 heteroatoms. The molecule has 0 radical (unpaired) electrons. The van der Waals surface area contributed by atoms with Crippen LogP contribution < -0.4 is 5.63 Å². The Morgan fingerprint density at radius 2 is 2.00 bits per heavy atom. The number of aryl methyl sites for hydroxylation is 1. The van der Waals surface area contributed by atoms with Crippen LogP contribution in [0, 0.1) is 10.5 Å². The summed E-state index contributed by atoms with van der Waals surface area (Å²) in [4.78, 5) is 20.0. The summed E-state index contributed by atoms with van der Waals surface area (Å²) in [5.41, 5.74) is 3.38. The maximum absolute atomic E-state index is 12.3. The highest BCUT2D eigenvalue weighted by atomic mass is 127. The molecule has 0 aliphatic heterocycles. The van der Waals surface area contributed by atoms with Crippen LogP contribution in [0.3, 0.4) is 0 Å². The fraction of sp³-hybridized carbons (Fsp3) is 0.0588. The highest BCUT2D eigenvalue weighted by molar-refractivity contribution is 14.1. The average molecular weight is 402 g/mol. The molecule has 0 aliphatic rings. The van der Waals surface area contributed by atoms with Gasteiger partial charge in [-0.15, -0.1) is 0 Å². The van der Waals surface area contributed by atoms with Gasteiger partial charge in [0.2, 0.25) is 0 Å². The molecule has 0 saturated heterocycles. The van der Waals surface area contributed by atoms with Crippen molar-refractivity contribution in [3.05, 3.63) is 62.0 Å². The van der Waals surface area contributed by atoms with E-state index in [-0.39, 0.29) is 5.63 Å². The van der Waals surface area contributed by atoms with Crippen LogP contribution in [0.15, 0.2) is 51.7 Å². The molecule has 0 aliphatic carbocycles. The van der Waals surface area contributed by atoms with Gasteiger partial charge < -0.3 is 9.40 Å². The Hall–Kier alpha value is -2.15. The first kappa shape index (κ1) is 13.5. The maximum atomic E-state index is 12.3. The van der Waals surface area contributed by atoms with E-state index >= 15 is 0 Å². The minimum atomic E-state index is -0.379. The Morgan fingerprint density at radius 1 is 1.18 bits per heavy atom. The van der Waals surface area contributed by atoms with Crippen molar-refractivity contribution < 1.29 is 4.42 Å². The molecule has 2 heterocycles. The van der Waals surface area contributed by atoms with Gasteiger partial charge in [-0.25, -0.2) is 9.78 Å². The van der Waals surface area contributed by atoms with Crippen LogP contribution in [-0.2, 0) is 0 Å². The Bertz CT molecular complexity index is 1050. The van der Waals surface area contributed by atoms with E-state index in [0.717, 1.165) is 25.6 Å². The number of H-pyrrole nitrogens is 1. The second-order valence-corrected chi connectivity index (χ2v) is 6.44. The third-order valence-corrected chi connectivity index (χ3v) is 4.25. The van der Waals surface area contributed by atoms with E-state index in [2.05, 4.69) is 32.6 Å². The monoisotopic (exact) mass is 402 g/mol. The van der Waals surface area contributed by atoms with Gasteiger partial charge >= 0.3 is 5.63 Å². The molecule has 2 aromatic carbocycles. The molecule has 108 valence electrons. The molecule has 1 N–H and O–H groups in total. The van der Waals surface area contributed by atoms with Gasteiger partial charge in [-0.1, -0.05) is 12.1 Å². The zero-order chi connectivity index (χ0) is 15.3. The molecule has 4 aromatic rings. The molecule has 2 aromatic heterocycles. The third kappa shape index (κ3) is 2.12. The lowest BCUT2D eigenvalue weighted by Gasteiger charge is -2.03. The third-order valence-electron chi connectivity index (χ3n) is 3.63. The average Bonchev–Trinajstić information content (AvgIpc) is 2.91. The Morgan fingerprint density at radius 3 is 2.82 bits per heavy atom. The summed E-state index contributed by atoms with van der Waals surface area (Å²) >= 11 is 2.26. The molecule has 0 bridgehead atoms. The molecule has 0 atom stereocenters. The van der Waals surface area contributed by atoms with Crippen molar-refractivity contribution in [2.24, 2.45) is 0 Å². The maximum Gasteiger partial charge on any atom is 0.347 e. The highest BCUT2D eigenvalue weighted by Gasteiger charge is 2.13. The minimum Gasteiger partial charge on any atom is -0.422 e. The number of fused-ring (bicyclic) bond motifs is 2. The molecule has 0 spiro atoms. The number of benzene rings is 2. The zero-order valence-corrected chi connectivity index (χ0v) is 13.8. The highest BCUT2D eigenvalue weighted by Crippen LogP contribution is 2.25. The first-order chi connectivity index (χ1) is 10.6. The minimum absolute atomic E-state index is 0.379. The summed E-state index contributed by atoms with van der Waals surface area (Å²) in [6.07, 6.45) is 0. The van der Waals surface area contributed by atoms with E-state index in [4.69, 9.17) is 4.42 Å². The quantitative estimate of drug-likeness (QED) is 0.383. The molecule has 4 nitrogen and oxygen atoms in total. The first-order valence-corrected chi connectivity index (χ1v) is 7.89. The van der Waals surface area contributed by atoms with Gasteiger partial charge in [-0.3, -0.25) is 0 Å². The second-order valence-electron chi connectivity index (χ2n) is 5.19. The standard InChI is InChI=1S/C17H11IN2O2/c1-9-6-11(18)7-10-8-12(17(21)22-15(9)10)16-19-13-4-2-3-5-14(13)20-16/h2-8H,1H3,(H,19,20). The van der Waals surface area contributed by atoms with Gasteiger partial charge in [0, 0.05) is 8.96 Å².